The third kappa shape index (κ3) is 9.07. The first-order valence-corrected chi connectivity index (χ1v) is 14.7. The van der Waals surface area contributed by atoms with Gasteiger partial charge < -0.3 is 20.3 Å². The lowest BCUT2D eigenvalue weighted by molar-refractivity contribution is -0.212. The van der Waals surface area contributed by atoms with Crippen LogP contribution in [0.2, 0.25) is 0 Å². The summed E-state index contributed by atoms with van der Waals surface area (Å²) in [6, 6.07) is -1.06. The molecule has 18 heteroatoms. The van der Waals surface area contributed by atoms with Crippen molar-refractivity contribution in [1.82, 2.24) is 40.4 Å². The zero-order valence-corrected chi connectivity index (χ0v) is 25.7. The van der Waals surface area contributed by atoms with E-state index in [0.29, 0.717) is 28.7 Å². The smallest absolute Gasteiger partial charge is 0.381 e. The maximum absolute atomic E-state index is 12.8. The maximum Gasteiger partial charge on any atom is 0.410 e. The first kappa shape index (κ1) is 34.9. The van der Waals surface area contributed by atoms with Crippen LogP contribution in [0.4, 0.5) is 31.1 Å². The van der Waals surface area contributed by atoms with Crippen molar-refractivity contribution >= 4 is 17.6 Å². The van der Waals surface area contributed by atoms with E-state index >= 15 is 0 Å². The molecule has 1 atom stereocenters. The number of hydrogen-bond acceptors (Lipinski definition) is 8. The van der Waals surface area contributed by atoms with Crippen LogP contribution in [0.25, 0.3) is 5.65 Å². The number of hydrogen-bond donors (Lipinski definition) is 2. The molecule has 2 N–H and O–H groups in total. The molecule has 4 heterocycles. The number of imidazole rings is 1. The molecular weight excluding hydrogens is 626 g/mol. The molecule has 3 aromatic rings. The molecule has 254 valence electrons. The van der Waals surface area contributed by atoms with E-state index in [4.69, 9.17) is 4.74 Å². The maximum atomic E-state index is 12.8. The SMILES string of the molecule is CCC(C)(C)C(F)(F)F.COC1CC1.O=C(NCc1cn2ncc(CN3CC(C(F)(F)F)NC3=O)cc2n1)c1nonc1C1CC1. The minimum atomic E-state index is -4.50. The number of halogens is 6. The van der Waals surface area contributed by atoms with E-state index in [1.54, 1.807) is 19.4 Å². The zero-order valence-electron chi connectivity index (χ0n) is 25.7. The van der Waals surface area contributed by atoms with Crippen LogP contribution in [0.3, 0.4) is 0 Å². The largest absolute Gasteiger partial charge is 0.410 e. The van der Waals surface area contributed by atoms with Crippen molar-refractivity contribution in [3.05, 3.63) is 41.1 Å². The van der Waals surface area contributed by atoms with Crippen LogP contribution in [-0.2, 0) is 17.8 Å². The van der Waals surface area contributed by atoms with Gasteiger partial charge in [-0.3, -0.25) is 4.79 Å². The molecule has 2 aliphatic carbocycles. The minimum Gasteiger partial charge on any atom is -0.381 e. The highest BCUT2D eigenvalue weighted by Crippen LogP contribution is 2.40. The van der Waals surface area contributed by atoms with Gasteiger partial charge in [0.15, 0.2) is 11.3 Å². The normalized spacial score (nSPS) is 18.4. The molecule has 0 radical (unpaired) electrons. The van der Waals surface area contributed by atoms with Gasteiger partial charge >= 0.3 is 18.4 Å². The van der Waals surface area contributed by atoms with Crippen molar-refractivity contribution in [2.75, 3.05) is 13.7 Å². The van der Waals surface area contributed by atoms with Crippen LogP contribution < -0.4 is 10.6 Å². The molecule has 0 spiro atoms. The summed E-state index contributed by atoms with van der Waals surface area (Å²) < 4.78 is 85.0. The number of carbonyl (C=O) groups excluding carboxylic acids is 2. The molecule has 2 saturated carbocycles. The number of nitrogens with one attached hydrogen (secondary N) is 2. The van der Waals surface area contributed by atoms with Gasteiger partial charge in [0, 0.05) is 19.6 Å². The van der Waals surface area contributed by atoms with E-state index in [0.717, 1.165) is 17.7 Å². The third-order valence-electron chi connectivity index (χ3n) is 7.82. The van der Waals surface area contributed by atoms with E-state index < -0.39 is 42.3 Å². The Bertz CT molecular complexity index is 1500. The summed E-state index contributed by atoms with van der Waals surface area (Å²) in [5, 5.41) is 16.3. The van der Waals surface area contributed by atoms with Crippen molar-refractivity contribution in [2.45, 2.75) is 96.4 Å². The number of alkyl halides is 6. The first-order chi connectivity index (χ1) is 21.5. The fourth-order valence-electron chi connectivity index (χ4n) is 4.00. The van der Waals surface area contributed by atoms with Gasteiger partial charge in [-0.05, 0) is 48.9 Å². The Morgan fingerprint density at radius 2 is 1.83 bits per heavy atom. The summed E-state index contributed by atoms with van der Waals surface area (Å²) >= 11 is 0. The van der Waals surface area contributed by atoms with Gasteiger partial charge in [-0.15, -0.1) is 0 Å². The van der Waals surface area contributed by atoms with Gasteiger partial charge in [-0.1, -0.05) is 25.9 Å². The second-order valence-electron chi connectivity index (χ2n) is 11.9. The Morgan fingerprint density at radius 1 is 1.13 bits per heavy atom. The molecular formula is C28H36F6N8O4. The summed E-state index contributed by atoms with van der Waals surface area (Å²) in [6.07, 6.45) is -0.244. The summed E-state index contributed by atoms with van der Waals surface area (Å²) in [4.78, 5) is 29.7. The average Bonchev–Trinajstić information content (AvgIpc) is 3.89. The molecule has 46 heavy (non-hydrogen) atoms. The molecule has 0 aromatic carbocycles. The minimum absolute atomic E-state index is 0.0378. The Balaban J connectivity index is 0.000000285. The first-order valence-electron chi connectivity index (χ1n) is 14.7. The van der Waals surface area contributed by atoms with E-state index in [2.05, 4.69) is 30.3 Å². The van der Waals surface area contributed by atoms with Crippen molar-refractivity contribution < 1.29 is 45.3 Å². The number of urea groups is 1. The number of nitrogens with zero attached hydrogens (tertiary/aromatic N) is 6. The lowest BCUT2D eigenvalue weighted by Crippen LogP contribution is -2.40. The third-order valence-corrected chi connectivity index (χ3v) is 7.82. The van der Waals surface area contributed by atoms with Crippen LogP contribution in [0.15, 0.2) is 23.1 Å². The number of fused-ring (bicyclic) bond motifs is 1. The Hall–Kier alpha value is -3.96. The lowest BCUT2D eigenvalue weighted by Gasteiger charge is -2.25. The van der Waals surface area contributed by atoms with Crippen LogP contribution in [0, 0.1) is 5.41 Å². The molecule has 3 aliphatic rings. The highest BCUT2D eigenvalue weighted by molar-refractivity contribution is 5.93. The standard InChI is InChI=1S/C18H17F3N8O3.C6H11F3.C4H8O/c19-18(20,21)12-8-28(17(31)25-12)6-9-3-13-24-11(7-29(13)23-4-9)5-22-16(30)15-14(10-1-2-10)26-32-27-15;1-4-5(2,3)6(7,8)9;1-5-4-2-3-4/h3-4,7,10,12H,1-2,5-6,8H2,(H,22,30)(H,25,31);4H2,1-3H3;4H,2-3H2,1H3. The van der Waals surface area contributed by atoms with E-state index in [1.807, 2.05) is 5.32 Å². The van der Waals surface area contributed by atoms with Crippen molar-refractivity contribution in [2.24, 2.45) is 5.41 Å². The molecule has 1 aliphatic heterocycles. The van der Waals surface area contributed by atoms with Gasteiger partial charge in [-0.25, -0.2) is 18.9 Å². The second kappa shape index (κ2) is 13.8. The fraction of sp³-hybridized carbons (Fsp3) is 0.643. The van der Waals surface area contributed by atoms with Crippen molar-refractivity contribution in [3.8, 4) is 0 Å². The topological polar surface area (TPSA) is 140 Å². The Kier molecular flexibility index (Phi) is 10.5. The summed E-state index contributed by atoms with van der Waals surface area (Å²) in [5.74, 6) is -0.206. The fourth-order valence-corrected chi connectivity index (χ4v) is 4.00. The van der Waals surface area contributed by atoms with Gasteiger partial charge in [0.2, 0.25) is 0 Å². The number of ether oxygens (including phenoxy) is 1. The molecule has 3 amide bonds. The van der Waals surface area contributed by atoms with E-state index in [-0.39, 0.29) is 31.1 Å². The number of rotatable bonds is 8. The van der Waals surface area contributed by atoms with Crippen molar-refractivity contribution in [1.29, 1.82) is 0 Å². The van der Waals surface area contributed by atoms with Crippen molar-refractivity contribution in [3.63, 3.8) is 0 Å². The highest BCUT2D eigenvalue weighted by atomic mass is 19.4. The molecule has 12 nitrogen and oxygen atoms in total. The van der Waals surface area contributed by atoms with Gasteiger partial charge in [0.1, 0.15) is 11.7 Å². The van der Waals surface area contributed by atoms with Crippen LogP contribution in [-0.4, -0.2) is 79.9 Å². The molecule has 0 bridgehead atoms. The zero-order chi connectivity index (χ0) is 33.9. The molecule has 1 saturated heterocycles. The van der Waals surface area contributed by atoms with Crippen LogP contribution in [0.5, 0.6) is 0 Å². The predicted octanol–water partition coefficient (Wildman–Crippen LogP) is 5.16. The Morgan fingerprint density at radius 3 is 2.33 bits per heavy atom. The summed E-state index contributed by atoms with van der Waals surface area (Å²) in [6.45, 7) is 3.53. The van der Waals surface area contributed by atoms with Crippen LogP contribution >= 0.6 is 0 Å². The Labute approximate surface area is 260 Å². The van der Waals surface area contributed by atoms with E-state index in [1.165, 1.54) is 44.3 Å². The quantitative estimate of drug-likeness (QED) is 0.316. The summed E-state index contributed by atoms with van der Waals surface area (Å²) in [7, 11) is 1.76. The molecule has 3 fully saturated rings. The van der Waals surface area contributed by atoms with E-state index in [9.17, 15) is 35.9 Å². The highest BCUT2D eigenvalue weighted by Gasteiger charge is 2.47. The molecule has 3 aromatic heterocycles. The molecule has 1 unspecified atom stereocenters. The summed E-state index contributed by atoms with van der Waals surface area (Å²) in [5.41, 5.74) is 0.677. The number of carbonyl (C=O) groups is 2. The monoisotopic (exact) mass is 662 g/mol. The van der Waals surface area contributed by atoms with Gasteiger partial charge in [0.25, 0.3) is 5.91 Å². The molecule has 6 rings (SSSR count). The predicted molar refractivity (Wildman–Crippen MR) is 149 cm³/mol. The lowest BCUT2D eigenvalue weighted by atomic mass is 9.90. The van der Waals surface area contributed by atoms with Gasteiger partial charge in [-0.2, -0.15) is 31.4 Å². The second-order valence-corrected chi connectivity index (χ2v) is 11.9. The van der Waals surface area contributed by atoms with Crippen LogP contribution in [0.1, 0.15) is 86.2 Å². The number of aromatic nitrogens is 5. The number of amides is 3. The number of methoxy groups -OCH3 is 1. The van der Waals surface area contributed by atoms with Gasteiger partial charge in [0.05, 0.1) is 42.7 Å². The average molecular weight is 663 g/mol.